The highest BCUT2D eigenvalue weighted by atomic mass is 16.5. The Morgan fingerprint density at radius 1 is 1.06 bits per heavy atom. The third-order valence-electron chi connectivity index (χ3n) is 5.31. The molecule has 5 aromatic rings. The van der Waals surface area contributed by atoms with E-state index in [4.69, 9.17) is 9.15 Å². The summed E-state index contributed by atoms with van der Waals surface area (Å²) in [7, 11) is 1.61. The fraction of sp³-hybridized carbons (Fsp3) is 0.125. The van der Waals surface area contributed by atoms with E-state index in [1.165, 1.54) is 0 Å². The lowest BCUT2D eigenvalue weighted by molar-refractivity contribution is 0.0921. The van der Waals surface area contributed by atoms with Crippen LogP contribution in [0.4, 0.5) is 0 Å². The minimum absolute atomic E-state index is 0.166. The third-order valence-corrected chi connectivity index (χ3v) is 5.31. The number of carbonyl (C=O) groups excluding carboxylic acids is 1. The molecule has 32 heavy (non-hydrogen) atoms. The number of ether oxygens (including phenoxy) is 1. The number of aromatic nitrogens is 3. The van der Waals surface area contributed by atoms with Gasteiger partial charge in [-0.15, -0.1) is 0 Å². The molecule has 0 saturated heterocycles. The average Bonchev–Trinajstić information content (AvgIpc) is 3.51. The molecule has 0 spiro atoms. The maximum atomic E-state index is 13.0. The lowest BCUT2D eigenvalue weighted by Crippen LogP contribution is -2.24. The lowest BCUT2D eigenvalue weighted by Gasteiger charge is -2.10. The van der Waals surface area contributed by atoms with Gasteiger partial charge in [-0.3, -0.25) is 14.2 Å². The molecule has 160 valence electrons. The van der Waals surface area contributed by atoms with E-state index >= 15 is 0 Å². The second kappa shape index (κ2) is 8.07. The van der Waals surface area contributed by atoms with Crippen LogP contribution in [-0.4, -0.2) is 27.0 Å². The van der Waals surface area contributed by atoms with Gasteiger partial charge in [0.1, 0.15) is 17.0 Å². The Bertz CT molecular complexity index is 1480. The van der Waals surface area contributed by atoms with E-state index in [-0.39, 0.29) is 23.8 Å². The van der Waals surface area contributed by atoms with E-state index < -0.39 is 0 Å². The summed E-state index contributed by atoms with van der Waals surface area (Å²) in [6.07, 6.45) is 3.48. The molecule has 0 aliphatic carbocycles. The zero-order valence-corrected chi connectivity index (χ0v) is 17.3. The van der Waals surface area contributed by atoms with Crippen LogP contribution in [-0.2, 0) is 13.1 Å². The first-order chi connectivity index (χ1) is 15.6. The van der Waals surface area contributed by atoms with Gasteiger partial charge in [-0.2, -0.15) is 0 Å². The first kappa shape index (κ1) is 19.6. The summed E-state index contributed by atoms with van der Waals surface area (Å²) < 4.78 is 14.3. The molecule has 0 unspecified atom stereocenters. The van der Waals surface area contributed by atoms with Crippen LogP contribution < -0.4 is 15.6 Å². The van der Waals surface area contributed by atoms with Crippen LogP contribution in [0.5, 0.6) is 5.75 Å². The maximum Gasteiger partial charge on any atom is 0.287 e. The van der Waals surface area contributed by atoms with Crippen LogP contribution >= 0.6 is 0 Å². The van der Waals surface area contributed by atoms with Gasteiger partial charge in [0.2, 0.25) is 0 Å². The molecular weight excluding hydrogens is 408 g/mol. The Morgan fingerprint density at radius 3 is 2.69 bits per heavy atom. The monoisotopic (exact) mass is 428 g/mol. The van der Waals surface area contributed by atoms with E-state index in [0.717, 1.165) is 16.8 Å². The Hall–Kier alpha value is -4.33. The minimum Gasteiger partial charge on any atom is -0.497 e. The van der Waals surface area contributed by atoms with Crippen LogP contribution in [0.3, 0.4) is 0 Å². The summed E-state index contributed by atoms with van der Waals surface area (Å²) in [6.45, 7) is 0.525. The fourth-order valence-corrected chi connectivity index (χ4v) is 3.68. The molecule has 0 aliphatic heterocycles. The van der Waals surface area contributed by atoms with Crippen LogP contribution in [0.1, 0.15) is 21.9 Å². The van der Waals surface area contributed by atoms with Crippen LogP contribution in [0.25, 0.3) is 16.7 Å². The lowest BCUT2D eigenvalue weighted by atomic mass is 10.2. The number of benzene rings is 1. The molecule has 1 N–H and O–H groups in total. The average molecular weight is 428 g/mol. The van der Waals surface area contributed by atoms with Gasteiger partial charge in [-0.25, -0.2) is 4.98 Å². The molecule has 8 nitrogen and oxygen atoms in total. The number of fused-ring (bicyclic) bond motifs is 3. The van der Waals surface area contributed by atoms with Gasteiger partial charge in [0, 0.05) is 18.9 Å². The molecule has 0 atom stereocenters. The highest BCUT2D eigenvalue weighted by molar-refractivity contribution is 5.91. The number of amides is 1. The molecule has 0 bridgehead atoms. The van der Waals surface area contributed by atoms with Gasteiger partial charge in [0.25, 0.3) is 11.5 Å². The van der Waals surface area contributed by atoms with E-state index in [2.05, 4.69) is 10.3 Å². The van der Waals surface area contributed by atoms with Crippen molar-refractivity contribution in [2.75, 3.05) is 7.11 Å². The molecule has 0 fully saturated rings. The van der Waals surface area contributed by atoms with Gasteiger partial charge >= 0.3 is 0 Å². The van der Waals surface area contributed by atoms with E-state index in [0.29, 0.717) is 23.5 Å². The zero-order valence-electron chi connectivity index (χ0n) is 17.3. The Balaban J connectivity index is 1.37. The van der Waals surface area contributed by atoms with Crippen molar-refractivity contribution < 1.29 is 13.9 Å². The predicted octanol–water partition coefficient (Wildman–Crippen LogP) is 3.23. The van der Waals surface area contributed by atoms with Crippen molar-refractivity contribution in [1.82, 2.24) is 19.3 Å². The standard InChI is InChI=1S/C24H20N4O4/c1-31-17-8-6-16(7-9-17)14-26-23(29)21-11-10-18(32-21)15-28-22-19(4-2-12-25-22)27-13-3-5-20(27)24(28)30/h2-13H,14-15H2,1H3,(H,26,29). The van der Waals surface area contributed by atoms with Crippen molar-refractivity contribution in [2.24, 2.45) is 0 Å². The number of carbonyl (C=O) groups is 1. The highest BCUT2D eigenvalue weighted by Gasteiger charge is 2.15. The van der Waals surface area contributed by atoms with Gasteiger partial charge in [0.15, 0.2) is 11.4 Å². The first-order valence-electron chi connectivity index (χ1n) is 10.1. The van der Waals surface area contributed by atoms with Crippen molar-refractivity contribution >= 4 is 22.6 Å². The van der Waals surface area contributed by atoms with Crippen molar-refractivity contribution in [3.63, 3.8) is 0 Å². The molecule has 0 saturated carbocycles. The first-order valence-corrected chi connectivity index (χ1v) is 10.1. The molecule has 1 amide bonds. The fourth-order valence-electron chi connectivity index (χ4n) is 3.68. The smallest absolute Gasteiger partial charge is 0.287 e. The number of hydrogen-bond acceptors (Lipinski definition) is 5. The number of rotatable bonds is 6. The van der Waals surface area contributed by atoms with Gasteiger partial charge in [-0.1, -0.05) is 12.1 Å². The van der Waals surface area contributed by atoms with E-state index in [1.54, 1.807) is 36.1 Å². The summed E-state index contributed by atoms with van der Waals surface area (Å²) in [4.78, 5) is 29.9. The van der Waals surface area contributed by atoms with Crippen molar-refractivity contribution in [3.8, 4) is 5.75 Å². The summed E-state index contributed by atoms with van der Waals surface area (Å²) >= 11 is 0. The number of nitrogens with one attached hydrogen (secondary N) is 1. The number of furan rings is 1. The predicted molar refractivity (Wildman–Crippen MR) is 119 cm³/mol. The molecule has 1 aromatic carbocycles. The minimum atomic E-state index is -0.329. The Morgan fingerprint density at radius 2 is 1.88 bits per heavy atom. The summed E-state index contributed by atoms with van der Waals surface area (Å²) in [6, 6.07) is 18.1. The Kier molecular flexibility index (Phi) is 4.95. The number of hydrogen-bond donors (Lipinski definition) is 1. The summed E-state index contributed by atoms with van der Waals surface area (Å²) in [5, 5.41) is 2.83. The summed E-state index contributed by atoms with van der Waals surface area (Å²) in [5.74, 6) is 1.10. The largest absolute Gasteiger partial charge is 0.497 e. The van der Waals surface area contributed by atoms with Gasteiger partial charge in [0.05, 0.1) is 19.2 Å². The maximum absolute atomic E-state index is 13.0. The number of nitrogens with zero attached hydrogens (tertiary/aromatic N) is 3. The van der Waals surface area contributed by atoms with E-state index in [1.807, 2.05) is 53.1 Å². The quantitative estimate of drug-likeness (QED) is 0.448. The number of pyridine rings is 1. The highest BCUT2D eigenvalue weighted by Crippen LogP contribution is 2.16. The number of methoxy groups -OCH3 is 1. The molecular formula is C24H20N4O4. The Labute approximate surface area is 182 Å². The van der Waals surface area contributed by atoms with Gasteiger partial charge in [-0.05, 0) is 54.1 Å². The van der Waals surface area contributed by atoms with Crippen LogP contribution in [0.15, 0.2) is 82.3 Å². The SMILES string of the molecule is COc1ccc(CNC(=O)c2ccc(Cn3c(=O)c4cccn4c4cccnc43)o2)cc1. The second-order valence-corrected chi connectivity index (χ2v) is 7.30. The molecule has 8 heteroatoms. The van der Waals surface area contributed by atoms with Crippen LogP contribution in [0, 0.1) is 0 Å². The van der Waals surface area contributed by atoms with Crippen molar-refractivity contribution in [3.05, 3.63) is 100 Å². The molecule has 0 radical (unpaired) electrons. The van der Waals surface area contributed by atoms with Crippen molar-refractivity contribution in [1.29, 1.82) is 0 Å². The molecule has 4 heterocycles. The molecule has 4 aromatic heterocycles. The second-order valence-electron chi connectivity index (χ2n) is 7.30. The third kappa shape index (κ3) is 3.51. The van der Waals surface area contributed by atoms with Gasteiger partial charge < -0.3 is 18.9 Å². The van der Waals surface area contributed by atoms with Crippen molar-refractivity contribution in [2.45, 2.75) is 13.1 Å². The topological polar surface area (TPSA) is 90.8 Å². The van der Waals surface area contributed by atoms with Crippen LogP contribution in [0.2, 0.25) is 0 Å². The zero-order chi connectivity index (χ0) is 22.1. The van der Waals surface area contributed by atoms with E-state index in [9.17, 15) is 9.59 Å². The normalized spacial score (nSPS) is 11.2. The summed E-state index contributed by atoms with van der Waals surface area (Å²) in [5.41, 5.74) is 2.67. The molecule has 0 aliphatic rings. The molecule has 5 rings (SSSR count).